The van der Waals surface area contributed by atoms with E-state index in [2.05, 4.69) is 0 Å². The fraction of sp³-hybridized carbons (Fsp3) is 0.611. The Bertz CT molecular complexity index is 592. The molecule has 1 aromatic carbocycles. The molecule has 0 spiro atoms. The number of nitrogens with zero attached hydrogens (tertiary/aromatic N) is 1. The molecular formula is C18H26N2O4. The molecule has 6 nitrogen and oxygen atoms in total. The van der Waals surface area contributed by atoms with Gasteiger partial charge in [-0.05, 0) is 37.8 Å². The van der Waals surface area contributed by atoms with Crippen molar-refractivity contribution in [1.29, 1.82) is 0 Å². The summed E-state index contributed by atoms with van der Waals surface area (Å²) in [5, 5.41) is 0. The zero-order chi connectivity index (χ0) is 17.1. The molecule has 3 rings (SSSR count). The lowest BCUT2D eigenvalue weighted by atomic mass is 10.0. The number of benzene rings is 1. The maximum absolute atomic E-state index is 12.9. The molecule has 1 amide bonds. The van der Waals surface area contributed by atoms with Crippen molar-refractivity contribution in [2.45, 2.75) is 43.9 Å². The van der Waals surface area contributed by atoms with Gasteiger partial charge in [0.15, 0.2) is 0 Å². The average molecular weight is 334 g/mol. The minimum Gasteiger partial charge on any atom is -0.497 e. The highest BCUT2D eigenvalue weighted by molar-refractivity contribution is 5.82. The molecule has 0 aromatic heterocycles. The quantitative estimate of drug-likeness (QED) is 0.890. The summed E-state index contributed by atoms with van der Waals surface area (Å²) in [4.78, 5) is 14.8. The van der Waals surface area contributed by atoms with E-state index < -0.39 is 0 Å². The lowest BCUT2D eigenvalue weighted by Crippen LogP contribution is -2.39. The minimum absolute atomic E-state index is 0.00975. The van der Waals surface area contributed by atoms with Gasteiger partial charge in [0.1, 0.15) is 17.6 Å². The number of hydrogen-bond donors (Lipinski definition) is 1. The lowest BCUT2D eigenvalue weighted by Gasteiger charge is -2.28. The Morgan fingerprint density at radius 1 is 1.29 bits per heavy atom. The topological polar surface area (TPSA) is 74.0 Å². The van der Waals surface area contributed by atoms with E-state index >= 15 is 0 Å². The monoisotopic (exact) mass is 334 g/mol. The van der Waals surface area contributed by atoms with Crippen molar-refractivity contribution in [3.63, 3.8) is 0 Å². The minimum atomic E-state index is -0.358. The average Bonchev–Trinajstić information content (AvgIpc) is 3.29. The molecule has 0 bridgehead atoms. The van der Waals surface area contributed by atoms with Crippen LogP contribution in [0, 0.1) is 0 Å². The molecule has 2 saturated heterocycles. The Kier molecular flexibility index (Phi) is 5.26. The van der Waals surface area contributed by atoms with Crippen LogP contribution in [-0.2, 0) is 9.53 Å². The first-order valence-corrected chi connectivity index (χ1v) is 8.55. The van der Waals surface area contributed by atoms with E-state index in [0.717, 1.165) is 49.3 Å². The summed E-state index contributed by atoms with van der Waals surface area (Å²) in [6, 6.07) is 5.80. The molecule has 0 aliphatic carbocycles. The summed E-state index contributed by atoms with van der Waals surface area (Å²) in [5.74, 6) is 1.58. The normalized spacial score (nSPS) is 26.6. The predicted octanol–water partition coefficient (Wildman–Crippen LogP) is 1.87. The third-order valence-electron chi connectivity index (χ3n) is 4.98. The van der Waals surface area contributed by atoms with Gasteiger partial charge in [-0.2, -0.15) is 0 Å². The zero-order valence-corrected chi connectivity index (χ0v) is 14.4. The van der Waals surface area contributed by atoms with Gasteiger partial charge < -0.3 is 24.8 Å². The second-order valence-electron chi connectivity index (χ2n) is 6.36. The van der Waals surface area contributed by atoms with Crippen molar-refractivity contribution in [2.24, 2.45) is 5.73 Å². The molecule has 0 saturated carbocycles. The summed E-state index contributed by atoms with van der Waals surface area (Å²) in [6.45, 7) is 1.23. The van der Waals surface area contributed by atoms with Crippen molar-refractivity contribution >= 4 is 5.91 Å². The second-order valence-corrected chi connectivity index (χ2v) is 6.36. The Balaban J connectivity index is 1.79. The van der Waals surface area contributed by atoms with E-state index in [1.165, 1.54) is 0 Å². The molecule has 2 aliphatic rings. The van der Waals surface area contributed by atoms with E-state index in [4.69, 9.17) is 19.9 Å². The van der Waals surface area contributed by atoms with Gasteiger partial charge in [-0.1, -0.05) is 0 Å². The van der Waals surface area contributed by atoms with Gasteiger partial charge in [0.05, 0.1) is 26.4 Å². The maximum Gasteiger partial charge on any atom is 0.252 e. The van der Waals surface area contributed by atoms with Gasteiger partial charge in [0, 0.05) is 24.7 Å². The number of likely N-dealkylation sites (tertiary alicyclic amines) is 1. The Morgan fingerprint density at radius 3 is 2.79 bits per heavy atom. The molecule has 3 atom stereocenters. The van der Waals surface area contributed by atoms with Crippen LogP contribution in [0.5, 0.6) is 11.5 Å². The van der Waals surface area contributed by atoms with Crippen molar-refractivity contribution in [1.82, 2.24) is 4.90 Å². The third-order valence-corrected chi connectivity index (χ3v) is 4.98. The number of nitrogens with two attached hydrogens (primary N) is 1. The number of carbonyl (C=O) groups excluding carboxylic acids is 1. The van der Waals surface area contributed by atoms with E-state index in [0.29, 0.717) is 6.54 Å². The highest BCUT2D eigenvalue weighted by atomic mass is 16.5. The molecule has 24 heavy (non-hydrogen) atoms. The molecule has 6 heteroatoms. The number of carbonyl (C=O) groups is 1. The van der Waals surface area contributed by atoms with Crippen LogP contribution in [0.15, 0.2) is 18.2 Å². The summed E-state index contributed by atoms with van der Waals surface area (Å²) >= 11 is 0. The van der Waals surface area contributed by atoms with Gasteiger partial charge in [0.2, 0.25) is 0 Å². The van der Waals surface area contributed by atoms with Gasteiger partial charge >= 0.3 is 0 Å². The Hall–Kier alpha value is -1.79. The van der Waals surface area contributed by atoms with Crippen LogP contribution in [-0.4, -0.2) is 50.3 Å². The molecule has 2 fully saturated rings. The summed E-state index contributed by atoms with van der Waals surface area (Å²) in [7, 11) is 3.27. The molecule has 2 aliphatic heterocycles. The molecule has 0 radical (unpaired) electrons. The number of amides is 1. The van der Waals surface area contributed by atoms with Gasteiger partial charge in [-0.15, -0.1) is 0 Å². The van der Waals surface area contributed by atoms with Gasteiger partial charge in [-0.3, -0.25) is 4.79 Å². The van der Waals surface area contributed by atoms with Crippen LogP contribution >= 0.6 is 0 Å². The molecule has 132 valence electrons. The smallest absolute Gasteiger partial charge is 0.252 e. The van der Waals surface area contributed by atoms with E-state index in [9.17, 15) is 4.79 Å². The maximum atomic E-state index is 12.9. The number of hydrogen-bond acceptors (Lipinski definition) is 5. The van der Waals surface area contributed by atoms with Crippen LogP contribution in [0.2, 0.25) is 0 Å². The highest BCUT2D eigenvalue weighted by Crippen LogP contribution is 2.39. The summed E-state index contributed by atoms with van der Waals surface area (Å²) in [5.41, 5.74) is 6.68. The van der Waals surface area contributed by atoms with E-state index in [-0.39, 0.29) is 24.2 Å². The standard InChI is InChI=1S/C18H26N2O4/c1-22-12-5-7-14(17(10-12)23-2)15-4-3-9-20(15)18(21)16-8-6-13(11-19)24-16/h5,7,10,13,15-16H,3-4,6,8-9,11,19H2,1-2H3/t13-,15?,16+/m1/s1. The van der Waals surface area contributed by atoms with Crippen molar-refractivity contribution in [2.75, 3.05) is 27.3 Å². The van der Waals surface area contributed by atoms with Crippen LogP contribution in [0.3, 0.4) is 0 Å². The largest absolute Gasteiger partial charge is 0.497 e. The van der Waals surface area contributed by atoms with Crippen molar-refractivity contribution in [3.05, 3.63) is 23.8 Å². The van der Waals surface area contributed by atoms with E-state index in [1.54, 1.807) is 14.2 Å². The fourth-order valence-electron chi connectivity index (χ4n) is 3.69. The Labute approximate surface area is 142 Å². The van der Waals surface area contributed by atoms with Crippen molar-refractivity contribution < 1.29 is 19.0 Å². The van der Waals surface area contributed by atoms with Crippen LogP contribution < -0.4 is 15.2 Å². The first kappa shape index (κ1) is 17.0. The third kappa shape index (κ3) is 3.21. The summed E-state index contributed by atoms with van der Waals surface area (Å²) < 4.78 is 16.6. The van der Waals surface area contributed by atoms with Crippen molar-refractivity contribution in [3.8, 4) is 11.5 Å². The van der Waals surface area contributed by atoms with Crippen LogP contribution in [0.1, 0.15) is 37.3 Å². The Morgan fingerprint density at radius 2 is 2.12 bits per heavy atom. The van der Waals surface area contributed by atoms with Crippen LogP contribution in [0.25, 0.3) is 0 Å². The fourth-order valence-corrected chi connectivity index (χ4v) is 3.69. The zero-order valence-electron chi connectivity index (χ0n) is 14.4. The first-order valence-electron chi connectivity index (χ1n) is 8.55. The SMILES string of the molecule is COc1ccc(C2CCCN2C(=O)[C@@H]2CC[C@H](CN)O2)c(OC)c1. The highest BCUT2D eigenvalue weighted by Gasteiger charge is 2.38. The molecule has 1 unspecified atom stereocenters. The van der Waals surface area contributed by atoms with Crippen LogP contribution in [0.4, 0.5) is 0 Å². The molecular weight excluding hydrogens is 308 g/mol. The van der Waals surface area contributed by atoms with Gasteiger partial charge in [0.25, 0.3) is 5.91 Å². The number of rotatable bonds is 5. The van der Waals surface area contributed by atoms with Gasteiger partial charge in [-0.25, -0.2) is 0 Å². The molecule has 2 heterocycles. The second kappa shape index (κ2) is 7.40. The molecule has 1 aromatic rings. The first-order chi connectivity index (χ1) is 11.7. The number of methoxy groups -OCH3 is 2. The van der Waals surface area contributed by atoms with E-state index in [1.807, 2.05) is 23.1 Å². The molecule has 2 N–H and O–H groups in total. The number of ether oxygens (including phenoxy) is 3. The predicted molar refractivity (Wildman–Crippen MR) is 90.2 cm³/mol. The lowest BCUT2D eigenvalue weighted by molar-refractivity contribution is -0.143. The summed E-state index contributed by atoms with van der Waals surface area (Å²) in [6.07, 6.45) is 3.18.